The first-order chi connectivity index (χ1) is 9.28. The highest BCUT2D eigenvalue weighted by atomic mass is 32.2. The quantitative estimate of drug-likeness (QED) is 0.743. The Morgan fingerprint density at radius 3 is 2.55 bits per heavy atom. The van der Waals surface area contributed by atoms with Gasteiger partial charge in [0.1, 0.15) is 0 Å². The van der Waals surface area contributed by atoms with Crippen LogP contribution in [0.4, 0.5) is 4.79 Å². The van der Waals surface area contributed by atoms with E-state index in [0.29, 0.717) is 19.4 Å². The molecule has 2 fully saturated rings. The molecular weight excluding hydrogens is 284 g/mol. The molecule has 3 atom stereocenters. The van der Waals surface area contributed by atoms with E-state index in [1.807, 2.05) is 0 Å². The number of carboxylic acids is 1. The molecule has 1 unspecified atom stereocenters. The van der Waals surface area contributed by atoms with E-state index >= 15 is 0 Å². The number of likely N-dealkylation sites (tertiary alicyclic amines) is 1. The number of urea groups is 1. The zero-order valence-electron chi connectivity index (χ0n) is 11.4. The number of hydrogen-bond acceptors (Lipinski definition) is 4. The van der Waals surface area contributed by atoms with Gasteiger partial charge in [0.25, 0.3) is 0 Å². The molecule has 0 aromatic rings. The summed E-state index contributed by atoms with van der Waals surface area (Å²) in [5, 5.41) is 11.7. The molecule has 2 heterocycles. The van der Waals surface area contributed by atoms with Crippen LogP contribution in [0.1, 0.15) is 19.8 Å². The number of aliphatic carboxylic acids is 1. The van der Waals surface area contributed by atoms with Crippen LogP contribution < -0.4 is 5.32 Å². The Labute approximate surface area is 118 Å². The molecule has 0 spiro atoms. The second-order valence-electron chi connectivity index (χ2n) is 5.73. The Bertz CT molecular complexity index is 504. The van der Waals surface area contributed by atoms with Gasteiger partial charge in [-0.15, -0.1) is 0 Å². The molecule has 2 aliphatic rings. The van der Waals surface area contributed by atoms with Crippen LogP contribution in [0.3, 0.4) is 0 Å². The number of carbonyl (C=O) groups excluding carboxylic acids is 1. The number of carboxylic acid groups (broad SMARTS) is 1. The second-order valence-corrected chi connectivity index (χ2v) is 7.96. The first-order valence-corrected chi connectivity index (χ1v) is 8.59. The Kier molecular flexibility index (Phi) is 4.22. The second kappa shape index (κ2) is 5.59. The maximum Gasteiger partial charge on any atom is 0.317 e. The molecule has 0 aromatic heterocycles. The van der Waals surface area contributed by atoms with Crippen molar-refractivity contribution in [3.05, 3.63) is 0 Å². The minimum atomic E-state index is -3.06. The van der Waals surface area contributed by atoms with Crippen molar-refractivity contribution in [1.82, 2.24) is 10.2 Å². The van der Waals surface area contributed by atoms with Crippen molar-refractivity contribution >= 4 is 21.8 Å². The van der Waals surface area contributed by atoms with Crippen LogP contribution in [0, 0.1) is 11.8 Å². The van der Waals surface area contributed by atoms with Crippen molar-refractivity contribution < 1.29 is 23.1 Å². The van der Waals surface area contributed by atoms with E-state index in [0.717, 1.165) is 0 Å². The first-order valence-electron chi connectivity index (χ1n) is 6.77. The fourth-order valence-electron chi connectivity index (χ4n) is 2.86. The van der Waals surface area contributed by atoms with E-state index in [2.05, 4.69) is 5.32 Å². The third kappa shape index (κ3) is 3.41. The lowest BCUT2D eigenvalue weighted by molar-refractivity contribution is -0.142. The normalized spacial score (nSPS) is 32.9. The molecule has 0 aromatic carbocycles. The average Bonchev–Trinajstić information content (AvgIpc) is 2.70. The number of hydrogen-bond donors (Lipinski definition) is 2. The highest BCUT2D eigenvalue weighted by molar-refractivity contribution is 7.91. The molecule has 0 saturated carbocycles. The molecule has 2 N–H and O–H groups in total. The van der Waals surface area contributed by atoms with E-state index < -0.39 is 21.7 Å². The number of sulfone groups is 1. The van der Waals surface area contributed by atoms with Gasteiger partial charge in [-0.2, -0.15) is 0 Å². The van der Waals surface area contributed by atoms with Crippen LogP contribution in [-0.2, 0) is 14.6 Å². The van der Waals surface area contributed by atoms with Gasteiger partial charge in [-0.1, -0.05) is 6.92 Å². The number of rotatable bonds is 2. The third-order valence-electron chi connectivity index (χ3n) is 4.01. The van der Waals surface area contributed by atoms with Crippen molar-refractivity contribution in [3.63, 3.8) is 0 Å². The average molecular weight is 304 g/mol. The SMILES string of the molecule is C[C@@H]1CN(C(=O)NC2CCCS(=O)(=O)C2)C[C@H]1C(=O)O. The Morgan fingerprint density at radius 2 is 2.00 bits per heavy atom. The van der Waals surface area contributed by atoms with Gasteiger partial charge < -0.3 is 15.3 Å². The number of nitrogens with one attached hydrogen (secondary N) is 1. The van der Waals surface area contributed by atoms with Crippen molar-refractivity contribution in [3.8, 4) is 0 Å². The zero-order chi connectivity index (χ0) is 14.9. The highest BCUT2D eigenvalue weighted by Crippen LogP contribution is 2.23. The van der Waals surface area contributed by atoms with Crippen molar-refractivity contribution in [2.75, 3.05) is 24.6 Å². The van der Waals surface area contributed by atoms with Crippen molar-refractivity contribution in [2.24, 2.45) is 11.8 Å². The topological polar surface area (TPSA) is 104 Å². The molecule has 2 rings (SSSR count). The van der Waals surface area contributed by atoms with Gasteiger partial charge >= 0.3 is 12.0 Å². The molecule has 2 aliphatic heterocycles. The fourth-order valence-corrected chi connectivity index (χ4v) is 4.49. The molecule has 7 nitrogen and oxygen atoms in total. The summed E-state index contributed by atoms with van der Waals surface area (Å²) >= 11 is 0. The van der Waals surface area contributed by atoms with E-state index in [9.17, 15) is 18.0 Å². The van der Waals surface area contributed by atoms with Gasteiger partial charge in [0.15, 0.2) is 9.84 Å². The lowest BCUT2D eigenvalue weighted by atomic mass is 9.99. The Balaban J connectivity index is 1.91. The Morgan fingerprint density at radius 1 is 1.30 bits per heavy atom. The van der Waals surface area contributed by atoms with Crippen LogP contribution in [0.25, 0.3) is 0 Å². The molecule has 0 aliphatic carbocycles. The minimum Gasteiger partial charge on any atom is -0.481 e. The van der Waals surface area contributed by atoms with Gasteiger partial charge in [0.05, 0.1) is 17.4 Å². The minimum absolute atomic E-state index is 0.0233. The van der Waals surface area contributed by atoms with E-state index in [4.69, 9.17) is 5.11 Å². The van der Waals surface area contributed by atoms with Gasteiger partial charge in [-0.3, -0.25) is 4.79 Å². The standard InChI is InChI=1S/C12H20N2O5S/c1-8-5-14(6-10(8)11(15)16)12(17)13-9-3-2-4-20(18,19)7-9/h8-10H,2-7H2,1H3,(H,13,17)(H,15,16)/t8-,9?,10-/m1/s1. The van der Waals surface area contributed by atoms with Gasteiger partial charge in [0.2, 0.25) is 0 Å². The van der Waals surface area contributed by atoms with Crippen LogP contribution in [0.5, 0.6) is 0 Å². The molecule has 0 radical (unpaired) electrons. The summed E-state index contributed by atoms with van der Waals surface area (Å²) in [7, 11) is -3.06. The maximum atomic E-state index is 12.1. The molecule has 114 valence electrons. The zero-order valence-corrected chi connectivity index (χ0v) is 12.2. The maximum absolute atomic E-state index is 12.1. The van der Waals surface area contributed by atoms with Gasteiger partial charge in [0, 0.05) is 19.1 Å². The predicted octanol–water partition coefficient (Wildman–Crippen LogP) is -0.0743. The van der Waals surface area contributed by atoms with E-state index in [1.165, 1.54) is 4.90 Å². The number of carbonyl (C=O) groups is 2. The molecule has 0 bridgehead atoms. The number of amides is 2. The van der Waals surface area contributed by atoms with Crippen molar-refractivity contribution in [1.29, 1.82) is 0 Å². The van der Waals surface area contributed by atoms with Gasteiger partial charge in [-0.25, -0.2) is 13.2 Å². The summed E-state index contributed by atoms with van der Waals surface area (Å²) in [6, 6.07) is -0.719. The monoisotopic (exact) mass is 304 g/mol. The third-order valence-corrected chi connectivity index (χ3v) is 5.83. The summed E-state index contributed by atoms with van der Waals surface area (Å²) < 4.78 is 23.0. The number of nitrogens with zero attached hydrogens (tertiary/aromatic N) is 1. The lowest BCUT2D eigenvalue weighted by Gasteiger charge is -2.26. The summed E-state index contributed by atoms with van der Waals surface area (Å²) in [5.74, 6) is -1.37. The summed E-state index contributed by atoms with van der Waals surface area (Å²) in [4.78, 5) is 24.5. The summed E-state index contributed by atoms with van der Waals surface area (Å²) in [6.07, 6.45) is 1.21. The summed E-state index contributed by atoms with van der Waals surface area (Å²) in [5.41, 5.74) is 0. The fraction of sp³-hybridized carbons (Fsp3) is 0.833. The van der Waals surface area contributed by atoms with Crippen LogP contribution in [-0.4, -0.2) is 61.1 Å². The van der Waals surface area contributed by atoms with Crippen LogP contribution >= 0.6 is 0 Å². The van der Waals surface area contributed by atoms with E-state index in [1.54, 1.807) is 6.92 Å². The molecule has 2 amide bonds. The van der Waals surface area contributed by atoms with E-state index in [-0.39, 0.29) is 36.0 Å². The molecule has 2 saturated heterocycles. The molecule has 8 heteroatoms. The lowest BCUT2D eigenvalue weighted by Crippen LogP contribution is -2.48. The van der Waals surface area contributed by atoms with Gasteiger partial charge in [-0.05, 0) is 18.8 Å². The molecule has 20 heavy (non-hydrogen) atoms. The largest absolute Gasteiger partial charge is 0.481 e. The predicted molar refractivity (Wildman–Crippen MR) is 72.1 cm³/mol. The van der Waals surface area contributed by atoms with Crippen LogP contribution in [0.2, 0.25) is 0 Å². The first kappa shape index (κ1) is 15.1. The van der Waals surface area contributed by atoms with Crippen molar-refractivity contribution in [2.45, 2.75) is 25.8 Å². The summed E-state index contributed by atoms with van der Waals surface area (Å²) in [6.45, 7) is 2.38. The highest BCUT2D eigenvalue weighted by Gasteiger charge is 2.37. The Hall–Kier alpha value is -1.31. The molecular formula is C12H20N2O5S. The van der Waals surface area contributed by atoms with Crippen LogP contribution in [0.15, 0.2) is 0 Å². The smallest absolute Gasteiger partial charge is 0.317 e.